The Balaban J connectivity index is 2.25. The van der Waals surface area contributed by atoms with Gasteiger partial charge in [0.15, 0.2) is 12.4 Å². The van der Waals surface area contributed by atoms with Crippen LogP contribution in [0.15, 0.2) is 0 Å². The minimum atomic E-state index is -1.59. The average molecular weight is 843 g/mol. The molecule has 10 heteroatoms. The van der Waals surface area contributed by atoms with E-state index in [1.807, 2.05) is 0 Å². The Bertz CT molecular complexity index is 932. The SMILES string of the molecule is CCCCCCCCCCCCCCCCCCCCC(=O)OC[C@@H](CO[C@H]1O[C@@H](CO)[C@@H](O)C(O)C1O)OC(=O)CCCCCCCCCCCCCCCCCC. The molecule has 4 N–H and O–H groups in total. The summed E-state index contributed by atoms with van der Waals surface area (Å²) in [7, 11) is 0. The van der Waals surface area contributed by atoms with Crippen LogP contribution >= 0.6 is 0 Å². The van der Waals surface area contributed by atoms with E-state index in [1.165, 1.54) is 173 Å². The lowest BCUT2D eigenvalue weighted by molar-refractivity contribution is -0.305. The van der Waals surface area contributed by atoms with Crippen molar-refractivity contribution in [3.8, 4) is 0 Å². The lowest BCUT2D eigenvalue weighted by Gasteiger charge is -2.39. The van der Waals surface area contributed by atoms with E-state index >= 15 is 0 Å². The number of hydrogen-bond acceptors (Lipinski definition) is 10. The Kier molecular flexibility index (Phi) is 38.5. The number of esters is 2. The Morgan fingerprint density at radius 1 is 0.458 bits per heavy atom. The molecule has 0 saturated carbocycles. The lowest BCUT2D eigenvalue weighted by atomic mass is 9.99. The summed E-state index contributed by atoms with van der Waals surface area (Å²) < 4.78 is 22.2. The van der Waals surface area contributed by atoms with Gasteiger partial charge in [0.1, 0.15) is 31.0 Å². The molecule has 0 aliphatic carbocycles. The van der Waals surface area contributed by atoms with Crippen molar-refractivity contribution >= 4 is 11.9 Å². The summed E-state index contributed by atoms with van der Waals surface area (Å²) in [6, 6.07) is 0. The highest BCUT2D eigenvalue weighted by atomic mass is 16.7. The summed E-state index contributed by atoms with van der Waals surface area (Å²) in [6.45, 7) is 3.48. The smallest absolute Gasteiger partial charge is 0.306 e. The highest BCUT2D eigenvalue weighted by molar-refractivity contribution is 5.70. The Morgan fingerprint density at radius 2 is 0.797 bits per heavy atom. The number of carbonyl (C=O) groups excluding carboxylic acids is 2. The van der Waals surface area contributed by atoms with E-state index < -0.39 is 49.4 Å². The molecule has 0 aromatic rings. The molecule has 6 atom stereocenters. The third kappa shape index (κ3) is 32.1. The minimum Gasteiger partial charge on any atom is -0.462 e. The van der Waals surface area contributed by atoms with Gasteiger partial charge in [0.2, 0.25) is 0 Å². The second-order valence-electron chi connectivity index (χ2n) is 17.6. The molecule has 1 aliphatic heterocycles. The van der Waals surface area contributed by atoms with Crippen LogP contribution in [0.5, 0.6) is 0 Å². The summed E-state index contributed by atoms with van der Waals surface area (Å²) in [5.41, 5.74) is 0. The van der Waals surface area contributed by atoms with Gasteiger partial charge < -0.3 is 39.4 Å². The lowest BCUT2D eigenvalue weighted by Crippen LogP contribution is -2.59. The molecule has 1 saturated heterocycles. The maximum Gasteiger partial charge on any atom is 0.306 e. The molecule has 1 rings (SSSR count). The van der Waals surface area contributed by atoms with Gasteiger partial charge in [0.25, 0.3) is 0 Å². The molecule has 1 aliphatic rings. The summed E-state index contributed by atoms with van der Waals surface area (Å²) in [6.07, 6.45) is 35.3. The van der Waals surface area contributed by atoms with Crippen LogP contribution in [-0.4, -0.2) is 89.0 Å². The van der Waals surface area contributed by atoms with Crippen LogP contribution in [0.25, 0.3) is 0 Å². The van der Waals surface area contributed by atoms with Crippen LogP contribution in [0.3, 0.4) is 0 Å². The molecule has 10 nitrogen and oxygen atoms in total. The second kappa shape index (κ2) is 40.8. The third-order valence-electron chi connectivity index (χ3n) is 12.0. The number of hydrogen-bond donors (Lipinski definition) is 4. The van der Waals surface area contributed by atoms with E-state index in [4.69, 9.17) is 18.9 Å². The van der Waals surface area contributed by atoms with Gasteiger partial charge in [-0.05, 0) is 12.8 Å². The monoisotopic (exact) mass is 843 g/mol. The molecule has 1 heterocycles. The van der Waals surface area contributed by atoms with Crippen molar-refractivity contribution in [3.63, 3.8) is 0 Å². The predicted molar refractivity (Wildman–Crippen MR) is 238 cm³/mol. The zero-order valence-corrected chi connectivity index (χ0v) is 38.3. The molecule has 350 valence electrons. The maximum atomic E-state index is 12.8. The summed E-state index contributed by atoms with van der Waals surface area (Å²) in [5.74, 6) is -0.787. The van der Waals surface area contributed by atoms with Crippen LogP contribution in [0, 0.1) is 0 Å². The first-order chi connectivity index (χ1) is 28.8. The molecule has 2 unspecified atom stereocenters. The van der Waals surface area contributed by atoms with Gasteiger partial charge in [-0.2, -0.15) is 0 Å². The van der Waals surface area contributed by atoms with E-state index in [2.05, 4.69) is 13.8 Å². The zero-order valence-electron chi connectivity index (χ0n) is 38.3. The molecule has 0 bridgehead atoms. The number of aliphatic hydroxyl groups is 4. The maximum absolute atomic E-state index is 12.8. The van der Waals surface area contributed by atoms with Gasteiger partial charge in [-0.25, -0.2) is 0 Å². The first-order valence-electron chi connectivity index (χ1n) is 25.1. The first kappa shape index (κ1) is 55.7. The highest BCUT2D eigenvalue weighted by Crippen LogP contribution is 2.23. The van der Waals surface area contributed by atoms with E-state index in [0.29, 0.717) is 6.42 Å². The van der Waals surface area contributed by atoms with Crippen molar-refractivity contribution in [2.24, 2.45) is 0 Å². The van der Waals surface area contributed by atoms with Gasteiger partial charge in [-0.3, -0.25) is 9.59 Å². The van der Waals surface area contributed by atoms with Crippen LogP contribution < -0.4 is 0 Å². The predicted octanol–water partition coefficient (Wildman–Crippen LogP) is 11.3. The Hall–Kier alpha value is -1.30. The topological polar surface area (TPSA) is 152 Å². The molecular weight excluding hydrogens is 749 g/mol. The fourth-order valence-corrected chi connectivity index (χ4v) is 8.01. The normalized spacial score (nSPS) is 19.9. The first-order valence-corrected chi connectivity index (χ1v) is 25.1. The van der Waals surface area contributed by atoms with Crippen LogP contribution in [0.1, 0.15) is 245 Å². The van der Waals surface area contributed by atoms with E-state index in [-0.39, 0.29) is 32.0 Å². The van der Waals surface area contributed by atoms with Crippen molar-refractivity contribution in [3.05, 3.63) is 0 Å². The van der Waals surface area contributed by atoms with Crippen molar-refractivity contribution in [1.82, 2.24) is 0 Å². The minimum absolute atomic E-state index is 0.208. The number of carbonyl (C=O) groups is 2. The third-order valence-corrected chi connectivity index (χ3v) is 12.0. The molecule has 0 spiro atoms. The molecule has 0 amide bonds. The van der Waals surface area contributed by atoms with Gasteiger partial charge in [-0.1, -0.05) is 219 Å². The summed E-state index contributed by atoms with van der Waals surface area (Å²) >= 11 is 0. The molecule has 0 radical (unpaired) electrons. The molecule has 0 aromatic heterocycles. The molecule has 1 fully saturated rings. The quantitative estimate of drug-likeness (QED) is 0.0345. The largest absolute Gasteiger partial charge is 0.462 e. The van der Waals surface area contributed by atoms with Gasteiger partial charge in [0, 0.05) is 12.8 Å². The zero-order chi connectivity index (χ0) is 43.0. The van der Waals surface area contributed by atoms with Crippen LogP contribution in [-0.2, 0) is 28.5 Å². The Labute approximate surface area is 361 Å². The second-order valence-corrected chi connectivity index (χ2v) is 17.6. The summed E-state index contributed by atoms with van der Waals surface area (Å²) in [4.78, 5) is 25.4. The molecule has 0 aromatic carbocycles. The van der Waals surface area contributed by atoms with Crippen molar-refractivity contribution in [2.45, 2.75) is 282 Å². The fraction of sp³-hybridized carbons (Fsp3) is 0.959. The summed E-state index contributed by atoms with van der Waals surface area (Å²) in [5, 5.41) is 40.2. The fourth-order valence-electron chi connectivity index (χ4n) is 8.01. The molecule has 59 heavy (non-hydrogen) atoms. The number of rotatable bonds is 43. The van der Waals surface area contributed by atoms with E-state index in [1.54, 1.807) is 0 Å². The van der Waals surface area contributed by atoms with Gasteiger partial charge in [-0.15, -0.1) is 0 Å². The number of ether oxygens (including phenoxy) is 4. The highest BCUT2D eigenvalue weighted by Gasteiger charge is 2.44. The average Bonchev–Trinajstić information content (AvgIpc) is 3.23. The van der Waals surface area contributed by atoms with Gasteiger partial charge in [0.05, 0.1) is 13.2 Å². The van der Waals surface area contributed by atoms with Gasteiger partial charge >= 0.3 is 11.9 Å². The Morgan fingerprint density at radius 3 is 1.15 bits per heavy atom. The van der Waals surface area contributed by atoms with Crippen LogP contribution in [0.4, 0.5) is 0 Å². The van der Waals surface area contributed by atoms with E-state index in [9.17, 15) is 30.0 Å². The number of unbranched alkanes of at least 4 members (excludes halogenated alkanes) is 32. The van der Waals surface area contributed by atoms with Crippen molar-refractivity contribution < 1.29 is 49.0 Å². The van der Waals surface area contributed by atoms with E-state index in [0.717, 1.165) is 38.5 Å². The standard InChI is InChI=1S/C49H94O10/c1-3-5-7-9-11-13-15-17-19-21-22-24-25-27-29-31-33-35-37-44(51)56-40-42(41-57-49-48(55)47(54)46(53)43(39-50)59-49)58-45(52)38-36-34-32-30-28-26-23-20-18-16-14-12-10-8-6-4-2/h42-43,46-50,53-55H,3-41H2,1-2H3/t42-,43-,46+,47?,48?,49-/m0/s1. The van der Waals surface area contributed by atoms with Crippen molar-refractivity contribution in [2.75, 3.05) is 19.8 Å². The van der Waals surface area contributed by atoms with Crippen LogP contribution in [0.2, 0.25) is 0 Å². The molecular formula is C49H94O10. The number of aliphatic hydroxyl groups excluding tert-OH is 4. The van der Waals surface area contributed by atoms with Crippen molar-refractivity contribution in [1.29, 1.82) is 0 Å².